The van der Waals surface area contributed by atoms with Crippen molar-refractivity contribution in [1.29, 1.82) is 0 Å². The molecule has 0 saturated carbocycles. The van der Waals surface area contributed by atoms with E-state index in [2.05, 4.69) is 28.4 Å². The molecule has 0 aromatic carbocycles. The zero-order chi connectivity index (χ0) is 13.1. The molecule has 2 aromatic rings. The highest BCUT2D eigenvalue weighted by Crippen LogP contribution is 2.24. The predicted molar refractivity (Wildman–Crippen MR) is 72.3 cm³/mol. The summed E-state index contributed by atoms with van der Waals surface area (Å²) in [6.45, 7) is 6.27. The van der Waals surface area contributed by atoms with Crippen molar-refractivity contribution >= 4 is 0 Å². The minimum Gasteiger partial charge on any atom is -0.326 e. The Morgan fingerprint density at radius 2 is 1.89 bits per heavy atom. The van der Waals surface area contributed by atoms with Crippen molar-refractivity contribution in [3.05, 3.63) is 48.3 Å². The van der Waals surface area contributed by atoms with Crippen LogP contribution in [-0.4, -0.2) is 20.6 Å². The van der Waals surface area contributed by atoms with Crippen LogP contribution in [0, 0.1) is 0 Å². The molecule has 96 valence electrons. The third-order valence-electron chi connectivity index (χ3n) is 3.00. The fourth-order valence-electron chi connectivity index (χ4n) is 2.22. The first kappa shape index (κ1) is 12.8. The molecule has 0 saturated heterocycles. The molecule has 2 aromatic heterocycles. The van der Waals surface area contributed by atoms with Crippen LogP contribution in [0.5, 0.6) is 0 Å². The molecular weight excluding hydrogens is 224 g/mol. The zero-order valence-corrected chi connectivity index (χ0v) is 11.1. The van der Waals surface area contributed by atoms with Crippen molar-refractivity contribution in [2.45, 2.75) is 38.8 Å². The Morgan fingerprint density at radius 1 is 1.11 bits per heavy atom. The van der Waals surface area contributed by atoms with Crippen LogP contribution in [0.2, 0.25) is 0 Å². The van der Waals surface area contributed by atoms with E-state index in [-0.39, 0.29) is 12.1 Å². The molecule has 0 amide bonds. The molecule has 2 heterocycles. The second kappa shape index (κ2) is 5.31. The highest BCUT2D eigenvalue weighted by molar-refractivity contribution is 5.15. The van der Waals surface area contributed by atoms with Crippen LogP contribution in [0.3, 0.4) is 0 Å². The van der Waals surface area contributed by atoms with Gasteiger partial charge in [-0.2, -0.15) is 0 Å². The first-order valence-corrected chi connectivity index (χ1v) is 6.30. The number of hydrogen-bond donors (Lipinski definition) is 1. The lowest BCUT2D eigenvalue weighted by molar-refractivity contribution is 0.461. The van der Waals surface area contributed by atoms with Gasteiger partial charge < -0.3 is 10.3 Å². The van der Waals surface area contributed by atoms with E-state index in [1.54, 1.807) is 6.20 Å². The second-order valence-corrected chi connectivity index (χ2v) is 4.91. The Hall–Kier alpha value is -1.68. The third kappa shape index (κ3) is 2.43. The van der Waals surface area contributed by atoms with E-state index in [0.29, 0.717) is 5.92 Å². The van der Waals surface area contributed by atoms with E-state index >= 15 is 0 Å². The van der Waals surface area contributed by atoms with Crippen molar-refractivity contribution in [3.63, 3.8) is 0 Å². The van der Waals surface area contributed by atoms with E-state index in [1.165, 1.54) is 0 Å². The molecule has 2 unspecified atom stereocenters. The van der Waals surface area contributed by atoms with Crippen LogP contribution in [0.15, 0.2) is 36.8 Å². The molecule has 0 spiro atoms. The maximum Gasteiger partial charge on any atom is 0.111 e. The third-order valence-corrected chi connectivity index (χ3v) is 3.00. The van der Waals surface area contributed by atoms with Crippen LogP contribution in [0.25, 0.3) is 0 Å². The molecule has 2 N–H and O–H groups in total. The largest absolute Gasteiger partial charge is 0.326 e. The topological polar surface area (TPSA) is 56.7 Å². The van der Waals surface area contributed by atoms with E-state index in [1.807, 2.05) is 37.5 Å². The van der Waals surface area contributed by atoms with Crippen LogP contribution in [0.1, 0.15) is 44.2 Å². The van der Waals surface area contributed by atoms with E-state index in [4.69, 9.17) is 5.73 Å². The summed E-state index contributed by atoms with van der Waals surface area (Å²) in [5, 5.41) is 0. The van der Waals surface area contributed by atoms with Gasteiger partial charge in [0.25, 0.3) is 0 Å². The van der Waals surface area contributed by atoms with Crippen molar-refractivity contribution in [2.24, 2.45) is 5.73 Å². The molecule has 0 aliphatic carbocycles. The van der Waals surface area contributed by atoms with Crippen LogP contribution in [-0.2, 0) is 0 Å². The first-order chi connectivity index (χ1) is 8.61. The number of nitrogens with two attached hydrogens (primary N) is 1. The Balaban J connectivity index is 2.46. The van der Waals surface area contributed by atoms with Gasteiger partial charge in [0, 0.05) is 30.6 Å². The lowest BCUT2D eigenvalue weighted by atomic mass is 10.0. The number of imidazole rings is 1. The maximum atomic E-state index is 6.14. The number of aromatic nitrogens is 3. The lowest BCUT2D eigenvalue weighted by Crippen LogP contribution is -2.31. The van der Waals surface area contributed by atoms with Gasteiger partial charge in [0.15, 0.2) is 0 Å². The van der Waals surface area contributed by atoms with Crippen molar-refractivity contribution in [3.8, 4) is 0 Å². The quantitative estimate of drug-likeness (QED) is 0.898. The van der Waals surface area contributed by atoms with Crippen LogP contribution in [0.4, 0.5) is 0 Å². The molecule has 18 heavy (non-hydrogen) atoms. The summed E-state index contributed by atoms with van der Waals surface area (Å²) in [5.74, 6) is 1.41. The summed E-state index contributed by atoms with van der Waals surface area (Å²) < 4.78 is 2.14. The summed E-state index contributed by atoms with van der Waals surface area (Å²) in [7, 11) is 0. The van der Waals surface area contributed by atoms with Crippen molar-refractivity contribution in [1.82, 2.24) is 14.5 Å². The Labute approximate surface area is 108 Å². The van der Waals surface area contributed by atoms with Gasteiger partial charge in [0.1, 0.15) is 5.82 Å². The predicted octanol–water partition coefficient (Wildman–Crippen LogP) is 2.34. The van der Waals surface area contributed by atoms with Crippen LogP contribution >= 0.6 is 0 Å². The smallest absolute Gasteiger partial charge is 0.111 e. The standard InChI is InChI=1S/C14H20N4/c1-10(2)14-17-8-9-18(14)13(11(3)15)12-6-4-5-7-16-12/h4-11,13H,15H2,1-3H3. The van der Waals surface area contributed by atoms with Crippen LogP contribution < -0.4 is 5.73 Å². The monoisotopic (exact) mass is 244 g/mol. The molecule has 0 aliphatic rings. The minimum atomic E-state index is -0.0217. The Bertz CT molecular complexity index is 488. The van der Waals surface area contributed by atoms with E-state index in [0.717, 1.165) is 11.5 Å². The Morgan fingerprint density at radius 3 is 2.44 bits per heavy atom. The first-order valence-electron chi connectivity index (χ1n) is 6.30. The highest BCUT2D eigenvalue weighted by Gasteiger charge is 2.22. The number of nitrogens with zero attached hydrogens (tertiary/aromatic N) is 3. The van der Waals surface area contributed by atoms with Gasteiger partial charge in [-0.25, -0.2) is 4.98 Å². The molecule has 0 radical (unpaired) electrons. The molecule has 4 nitrogen and oxygen atoms in total. The molecule has 2 atom stereocenters. The molecule has 4 heteroatoms. The second-order valence-electron chi connectivity index (χ2n) is 4.91. The van der Waals surface area contributed by atoms with Gasteiger partial charge in [-0.1, -0.05) is 19.9 Å². The molecule has 0 bridgehead atoms. The fourth-order valence-corrected chi connectivity index (χ4v) is 2.22. The van der Waals surface area contributed by atoms with Gasteiger partial charge >= 0.3 is 0 Å². The lowest BCUT2D eigenvalue weighted by Gasteiger charge is -2.24. The normalized spacial score (nSPS) is 14.7. The zero-order valence-electron chi connectivity index (χ0n) is 11.1. The Kier molecular flexibility index (Phi) is 3.77. The molecular formula is C14H20N4. The van der Waals surface area contributed by atoms with Gasteiger partial charge in [-0.15, -0.1) is 0 Å². The summed E-state index contributed by atoms with van der Waals surface area (Å²) in [4.78, 5) is 8.85. The van der Waals surface area contributed by atoms with Gasteiger partial charge in [-0.05, 0) is 19.1 Å². The van der Waals surface area contributed by atoms with Gasteiger partial charge in [0.05, 0.1) is 11.7 Å². The summed E-state index contributed by atoms with van der Waals surface area (Å²) >= 11 is 0. The van der Waals surface area contributed by atoms with E-state index < -0.39 is 0 Å². The van der Waals surface area contributed by atoms with Gasteiger partial charge in [-0.3, -0.25) is 4.98 Å². The van der Waals surface area contributed by atoms with Gasteiger partial charge in [0.2, 0.25) is 0 Å². The summed E-state index contributed by atoms with van der Waals surface area (Å²) in [5.41, 5.74) is 7.12. The minimum absolute atomic E-state index is 0.0217. The SMILES string of the molecule is CC(C)c1nccn1C(c1ccccn1)C(C)N. The summed E-state index contributed by atoms with van der Waals surface area (Å²) in [6, 6.07) is 5.93. The van der Waals surface area contributed by atoms with Crippen molar-refractivity contribution in [2.75, 3.05) is 0 Å². The fraction of sp³-hybridized carbons (Fsp3) is 0.429. The number of rotatable bonds is 4. The number of pyridine rings is 1. The average molecular weight is 244 g/mol. The molecule has 0 fully saturated rings. The molecule has 2 rings (SSSR count). The highest BCUT2D eigenvalue weighted by atomic mass is 15.1. The molecule has 0 aliphatic heterocycles. The van der Waals surface area contributed by atoms with Crippen molar-refractivity contribution < 1.29 is 0 Å². The average Bonchev–Trinajstić information content (AvgIpc) is 2.79. The maximum absolute atomic E-state index is 6.14. The summed E-state index contributed by atoms with van der Waals surface area (Å²) in [6.07, 6.45) is 5.61. The van der Waals surface area contributed by atoms with E-state index in [9.17, 15) is 0 Å². The number of hydrogen-bond acceptors (Lipinski definition) is 3.